The van der Waals surface area contributed by atoms with Gasteiger partial charge in [0.1, 0.15) is 5.01 Å². The number of nitrogens with one attached hydrogen (secondary N) is 1. The smallest absolute Gasteiger partial charge is 0.331 e. The van der Waals surface area contributed by atoms with Crippen LogP contribution in [-0.4, -0.2) is 41.0 Å². The van der Waals surface area contributed by atoms with Crippen LogP contribution in [0.5, 0.6) is 0 Å². The number of amides is 1. The van der Waals surface area contributed by atoms with E-state index in [1.807, 2.05) is 18.2 Å². The molecule has 2 aromatic heterocycles. The zero-order valence-corrected chi connectivity index (χ0v) is 17.4. The molecule has 0 saturated heterocycles. The van der Waals surface area contributed by atoms with Gasteiger partial charge in [-0.25, -0.2) is 18.2 Å². The molecule has 0 spiro atoms. The van der Waals surface area contributed by atoms with Gasteiger partial charge >= 0.3 is 6.03 Å². The molecule has 2 bridgehead atoms. The Labute approximate surface area is 170 Å². The Morgan fingerprint density at radius 1 is 1.32 bits per heavy atom. The summed E-state index contributed by atoms with van der Waals surface area (Å²) in [6.07, 6.45) is 5.21. The first-order valence-corrected chi connectivity index (χ1v) is 12.0. The fraction of sp³-hybridized carbons (Fsp3) is 0.389. The van der Waals surface area contributed by atoms with Gasteiger partial charge in [0, 0.05) is 28.4 Å². The second kappa shape index (κ2) is 5.77. The van der Waals surface area contributed by atoms with Gasteiger partial charge < -0.3 is 5.32 Å². The van der Waals surface area contributed by atoms with Crippen molar-refractivity contribution in [1.82, 2.24) is 20.1 Å². The summed E-state index contributed by atoms with van der Waals surface area (Å²) in [4.78, 5) is 17.3. The lowest BCUT2D eigenvalue weighted by Crippen LogP contribution is -2.77. The average Bonchev–Trinajstić information content (AvgIpc) is 3.13. The van der Waals surface area contributed by atoms with Crippen molar-refractivity contribution >= 4 is 49.0 Å². The predicted octanol–water partition coefficient (Wildman–Crippen LogP) is 3.12. The van der Waals surface area contributed by atoms with E-state index in [2.05, 4.69) is 10.4 Å². The van der Waals surface area contributed by atoms with Crippen LogP contribution in [0.4, 0.5) is 4.79 Å². The highest BCUT2D eigenvalue weighted by Gasteiger charge is 2.70. The molecular weight excluding hydrogens is 420 g/mol. The molecule has 0 aliphatic heterocycles. The molecule has 1 N–H and O–H groups in total. The maximum Gasteiger partial charge on any atom is 0.342 e. The highest BCUT2D eigenvalue weighted by atomic mass is 35.5. The molecule has 3 saturated carbocycles. The Hall–Kier alpha value is -1.97. The molecule has 2 heterocycles. The lowest BCUT2D eigenvalue weighted by molar-refractivity contribution is -0.0788. The number of aromatic nitrogens is 3. The second-order valence-electron chi connectivity index (χ2n) is 7.97. The molecule has 10 heteroatoms. The van der Waals surface area contributed by atoms with Gasteiger partial charge in [-0.3, -0.25) is 0 Å². The molecule has 1 aromatic carbocycles. The molecule has 1 amide bonds. The zero-order chi connectivity index (χ0) is 19.7. The molecule has 6 rings (SSSR count). The minimum atomic E-state index is -3.18. The Morgan fingerprint density at radius 2 is 2.07 bits per heavy atom. The van der Waals surface area contributed by atoms with Crippen LogP contribution in [0.1, 0.15) is 30.0 Å². The van der Waals surface area contributed by atoms with Crippen LogP contribution in [0.15, 0.2) is 30.5 Å². The molecule has 0 radical (unpaired) electrons. The van der Waals surface area contributed by atoms with Crippen LogP contribution in [0.2, 0.25) is 5.02 Å². The summed E-state index contributed by atoms with van der Waals surface area (Å²) < 4.78 is 25.0. The fourth-order valence-electron chi connectivity index (χ4n) is 4.38. The predicted molar refractivity (Wildman–Crippen MR) is 108 cm³/mol. The summed E-state index contributed by atoms with van der Waals surface area (Å²) in [6, 6.07) is 6.94. The lowest BCUT2D eigenvalue weighted by Gasteiger charge is -2.69. The van der Waals surface area contributed by atoms with Gasteiger partial charge in [-0.05, 0) is 43.5 Å². The van der Waals surface area contributed by atoms with Crippen LogP contribution in [0.3, 0.4) is 0 Å². The van der Waals surface area contributed by atoms with Gasteiger partial charge in [0.2, 0.25) is 0 Å². The van der Waals surface area contributed by atoms with Crippen LogP contribution < -0.4 is 5.32 Å². The van der Waals surface area contributed by atoms with Crippen molar-refractivity contribution in [2.24, 2.45) is 0 Å². The molecule has 146 valence electrons. The zero-order valence-electron chi connectivity index (χ0n) is 15.0. The Kier molecular flexibility index (Phi) is 3.73. The van der Waals surface area contributed by atoms with E-state index in [9.17, 15) is 13.2 Å². The Bertz CT molecular complexity index is 1210. The molecule has 0 atom stereocenters. The van der Waals surface area contributed by atoms with Gasteiger partial charge in [-0.1, -0.05) is 11.6 Å². The van der Waals surface area contributed by atoms with E-state index in [0.717, 1.165) is 40.7 Å². The maximum absolute atomic E-state index is 12.5. The van der Waals surface area contributed by atoms with Crippen molar-refractivity contribution in [1.29, 1.82) is 0 Å². The largest absolute Gasteiger partial charge is 0.342 e. The van der Waals surface area contributed by atoms with Crippen molar-refractivity contribution in [2.45, 2.75) is 36.0 Å². The van der Waals surface area contributed by atoms with Gasteiger partial charge in [0.15, 0.2) is 9.84 Å². The quantitative estimate of drug-likeness (QED) is 0.678. The van der Waals surface area contributed by atoms with Crippen molar-refractivity contribution < 1.29 is 13.2 Å². The Morgan fingerprint density at radius 3 is 2.79 bits per heavy atom. The number of thiazole rings is 1. The van der Waals surface area contributed by atoms with E-state index < -0.39 is 9.84 Å². The number of rotatable bonds is 4. The third-order valence-corrected chi connectivity index (χ3v) is 7.79. The van der Waals surface area contributed by atoms with Gasteiger partial charge in [0.05, 0.1) is 21.7 Å². The molecule has 3 fully saturated rings. The standard InChI is InChI=1S/C18H17ClN4O3S2/c1-28(25,26)7-12-4-5-23(22-12)16(24)21-18-8-17(9-18,10-18)15-20-13-3-2-11(19)6-14(13)27-15/h2-6H,7-10H2,1H3,(H,21,24). The van der Waals surface area contributed by atoms with E-state index >= 15 is 0 Å². The van der Waals surface area contributed by atoms with Crippen molar-refractivity contribution in [3.8, 4) is 0 Å². The van der Waals surface area contributed by atoms with E-state index in [-0.39, 0.29) is 22.7 Å². The fourth-order valence-corrected chi connectivity index (χ4v) is 6.49. The molecule has 3 aromatic rings. The summed E-state index contributed by atoms with van der Waals surface area (Å²) in [5, 5.41) is 8.94. The minimum absolute atomic E-state index is 0.0506. The number of hydrogen-bond donors (Lipinski definition) is 1. The van der Waals surface area contributed by atoms with Crippen molar-refractivity contribution in [3.63, 3.8) is 0 Å². The molecule has 28 heavy (non-hydrogen) atoms. The first kappa shape index (κ1) is 18.1. The summed E-state index contributed by atoms with van der Waals surface area (Å²) in [6.45, 7) is 0. The summed E-state index contributed by atoms with van der Waals surface area (Å²) in [7, 11) is -3.18. The van der Waals surface area contributed by atoms with Gasteiger partial charge in [0.25, 0.3) is 0 Å². The SMILES string of the molecule is CS(=O)(=O)Cc1ccn(C(=O)NC23CC(c4nc5ccc(Cl)cc5s4)(C2)C3)n1. The Balaban J connectivity index is 1.26. The number of sulfone groups is 1. The summed E-state index contributed by atoms with van der Waals surface area (Å²) in [5.41, 5.74) is 1.16. The first-order valence-electron chi connectivity index (χ1n) is 8.77. The summed E-state index contributed by atoms with van der Waals surface area (Å²) >= 11 is 7.74. The maximum atomic E-state index is 12.5. The van der Waals surface area contributed by atoms with Crippen LogP contribution in [0.25, 0.3) is 10.2 Å². The van der Waals surface area contributed by atoms with Crippen molar-refractivity contribution in [2.75, 3.05) is 6.26 Å². The van der Waals surface area contributed by atoms with Crippen molar-refractivity contribution in [3.05, 3.63) is 46.2 Å². The monoisotopic (exact) mass is 436 g/mol. The van der Waals surface area contributed by atoms with Crippen LogP contribution >= 0.6 is 22.9 Å². The highest BCUT2D eigenvalue weighted by molar-refractivity contribution is 7.89. The van der Waals surface area contributed by atoms with E-state index in [1.54, 1.807) is 17.4 Å². The molecule has 3 aliphatic carbocycles. The van der Waals surface area contributed by atoms with E-state index in [0.29, 0.717) is 10.7 Å². The highest BCUT2D eigenvalue weighted by Crippen LogP contribution is 2.68. The normalized spacial score (nSPS) is 25.9. The third-order valence-electron chi connectivity index (χ3n) is 5.47. The molecular formula is C18H17ClN4O3S2. The average molecular weight is 437 g/mol. The number of hydrogen-bond acceptors (Lipinski definition) is 6. The van der Waals surface area contributed by atoms with Crippen LogP contribution in [0, 0.1) is 0 Å². The van der Waals surface area contributed by atoms with Gasteiger partial charge in [-0.15, -0.1) is 11.3 Å². The van der Waals surface area contributed by atoms with E-state index in [1.165, 1.54) is 10.9 Å². The molecule has 0 unspecified atom stereocenters. The third kappa shape index (κ3) is 2.92. The second-order valence-corrected chi connectivity index (χ2v) is 11.6. The number of carbonyl (C=O) groups excluding carboxylic acids is 1. The lowest BCUT2D eigenvalue weighted by atomic mass is 9.39. The number of carbonyl (C=O) groups is 1. The molecule has 3 aliphatic rings. The summed E-state index contributed by atoms with van der Waals surface area (Å²) in [5.74, 6) is -0.177. The first-order chi connectivity index (χ1) is 13.2. The van der Waals surface area contributed by atoms with Crippen LogP contribution in [-0.2, 0) is 21.0 Å². The number of nitrogens with zero attached hydrogens (tertiary/aromatic N) is 3. The number of halogens is 1. The topological polar surface area (TPSA) is 94.0 Å². The van der Waals surface area contributed by atoms with E-state index in [4.69, 9.17) is 16.6 Å². The van der Waals surface area contributed by atoms with Gasteiger partial charge in [-0.2, -0.15) is 9.78 Å². The number of benzene rings is 1. The number of fused-ring (bicyclic) bond motifs is 1. The molecule has 7 nitrogen and oxygen atoms in total. The minimum Gasteiger partial charge on any atom is -0.331 e.